The van der Waals surface area contributed by atoms with Gasteiger partial charge in [0, 0.05) is 36.3 Å². The smallest absolute Gasteiger partial charge is 0.273 e. The normalized spacial score (nSPS) is 17.8. The Hall–Kier alpha value is -2.69. The molecule has 1 saturated heterocycles. The lowest BCUT2D eigenvalue weighted by atomic mass is 10.0. The van der Waals surface area contributed by atoms with Gasteiger partial charge in [-0.15, -0.1) is 0 Å². The Balaban J connectivity index is 1.61. The minimum atomic E-state index is 0.0152. The Labute approximate surface area is 134 Å². The molecule has 3 heterocycles. The summed E-state index contributed by atoms with van der Waals surface area (Å²) in [6, 6.07) is 9.83. The number of carbonyl (C=O) groups is 1. The molecule has 1 fully saturated rings. The first-order valence-corrected chi connectivity index (χ1v) is 7.87. The molecule has 1 aromatic carbocycles. The summed E-state index contributed by atoms with van der Waals surface area (Å²) in [7, 11) is 0. The molecule has 5 heteroatoms. The first-order chi connectivity index (χ1) is 11.2. The van der Waals surface area contributed by atoms with Crippen LogP contribution >= 0.6 is 0 Å². The van der Waals surface area contributed by atoms with Gasteiger partial charge >= 0.3 is 0 Å². The SMILES string of the molecule is Cc1cn[nH]c1[C@H]1CCN(C(=O)c2nccc3ccccc23)C1. The number of carbonyl (C=O) groups excluding carboxylic acids is 1. The number of fused-ring (bicyclic) bond motifs is 1. The fourth-order valence-electron chi connectivity index (χ4n) is 3.39. The maximum absolute atomic E-state index is 12.9. The van der Waals surface area contributed by atoms with E-state index < -0.39 is 0 Å². The molecule has 0 aliphatic carbocycles. The molecule has 3 aromatic rings. The number of amides is 1. The van der Waals surface area contributed by atoms with Crippen LogP contribution in [0, 0.1) is 6.92 Å². The summed E-state index contributed by atoms with van der Waals surface area (Å²) in [6.07, 6.45) is 4.51. The average Bonchev–Trinajstić information content (AvgIpc) is 3.22. The molecule has 0 radical (unpaired) electrons. The number of rotatable bonds is 2. The van der Waals surface area contributed by atoms with Crippen LogP contribution in [0.4, 0.5) is 0 Å². The predicted molar refractivity (Wildman–Crippen MR) is 88.3 cm³/mol. The molecule has 0 saturated carbocycles. The van der Waals surface area contributed by atoms with Crippen LogP contribution < -0.4 is 0 Å². The topological polar surface area (TPSA) is 61.9 Å². The van der Waals surface area contributed by atoms with Crippen LogP contribution in [0.5, 0.6) is 0 Å². The number of likely N-dealkylation sites (tertiary alicyclic amines) is 1. The van der Waals surface area contributed by atoms with E-state index in [4.69, 9.17) is 0 Å². The highest BCUT2D eigenvalue weighted by atomic mass is 16.2. The molecule has 1 amide bonds. The third kappa shape index (κ3) is 2.38. The Morgan fingerprint density at radius 2 is 2.17 bits per heavy atom. The fraction of sp³-hybridized carbons (Fsp3) is 0.278. The van der Waals surface area contributed by atoms with Crippen LogP contribution in [0.25, 0.3) is 10.8 Å². The van der Waals surface area contributed by atoms with E-state index >= 15 is 0 Å². The van der Waals surface area contributed by atoms with E-state index in [1.807, 2.05) is 41.4 Å². The Morgan fingerprint density at radius 1 is 1.30 bits per heavy atom. The van der Waals surface area contributed by atoms with Crippen molar-refractivity contribution in [3.63, 3.8) is 0 Å². The number of hydrogen-bond donors (Lipinski definition) is 1. The Bertz CT molecular complexity index is 865. The zero-order valence-corrected chi connectivity index (χ0v) is 13.0. The van der Waals surface area contributed by atoms with Crippen LogP contribution in [-0.2, 0) is 0 Å². The molecule has 1 aliphatic heterocycles. The van der Waals surface area contributed by atoms with Crippen LogP contribution in [0.1, 0.15) is 34.1 Å². The summed E-state index contributed by atoms with van der Waals surface area (Å²) in [5, 5.41) is 9.13. The van der Waals surface area contributed by atoms with Crippen molar-refractivity contribution in [2.24, 2.45) is 0 Å². The van der Waals surface area contributed by atoms with E-state index in [9.17, 15) is 4.79 Å². The van der Waals surface area contributed by atoms with Crippen LogP contribution in [0.3, 0.4) is 0 Å². The number of aromatic amines is 1. The van der Waals surface area contributed by atoms with Gasteiger partial charge in [-0.05, 0) is 30.4 Å². The van der Waals surface area contributed by atoms with Gasteiger partial charge in [-0.1, -0.05) is 24.3 Å². The maximum atomic E-state index is 12.9. The van der Waals surface area contributed by atoms with Gasteiger partial charge in [-0.25, -0.2) is 0 Å². The summed E-state index contributed by atoms with van der Waals surface area (Å²) < 4.78 is 0. The second kappa shape index (κ2) is 5.50. The third-order valence-corrected chi connectivity index (χ3v) is 4.63. The van der Waals surface area contributed by atoms with Gasteiger partial charge in [0.15, 0.2) is 0 Å². The second-order valence-corrected chi connectivity index (χ2v) is 6.08. The fourth-order valence-corrected chi connectivity index (χ4v) is 3.39. The summed E-state index contributed by atoms with van der Waals surface area (Å²) in [5.41, 5.74) is 2.85. The third-order valence-electron chi connectivity index (χ3n) is 4.63. The molecule has 116 valence electrons. The largest absolute Gasteiger partial charge is 0.337 e. The maximum Gasteiger partial charge on any atom is 0.273 e. The number of aryl methyl sites for hydroxylation is 1. The van der Waals surface area contributed by atoms with E-state index in [2.05, 4.69) is 22.1 Å². The first kappa shape index (κ1) is 13.9. The van der Waals surface area contributed by atoms with E-state index in [0.29, 0.717) is 18.2 Å². The first-order valence-electron chi connectivity index (χ1n) is 7.87. The van der Waals surface area contributed by atoms with Gasteiger partial charge in [0.05, 0.1) is 6.20 Å². The standard InChI is InChI=1S/C18H18N4O/c1-12-10-20-21-16(12)14-7-9-22(11-14)18(23)17-15-5-3-2-4-13(15)6-8-19-17/h2-6,8,10,14H,7,9,11H2,1H3,(H,20,21)/t14-/m0/s1. The van der Waals surface area contributed by atoms with E-state index in [0.717, 1.165) is 35.0 Å². The van der Waals surface area contributed by atoms with Gasteiger partial charge in [-0.2, -0.15) is 5.10 Å². The van der Waals surface area contributed by atoms with Gasteiger partial charge < -0.3 is 4.90 Å². The number of nitrogens with zero attached hydrogens (tertiary/aromatic N) is 3. The summed E-state index contributed by atoms with van der Waals surface area (Å²) in [4.78, 5) is 19.1. The number of hydrogen-bond acceptors (Lipinski definition) is 3. The number of pyridine rings is 1. The van der Waals surface area contributed by atoms with Crippen molar-refractivity contribution in [3.8, 4) is 0 Å². The van der Waals surface area contributed by atoms with Crippen LogP contribution in [0.15, 0.2) is 42.7 Å². The summed E-state index contributed by atoms with van der Waals surface area (Å²) >= 11 is 0. The van der Waals surface area contributed by atoms with Crippen molar-refractivity contribution in [1.82, 2.24) is 20.1 Å². The molecule has 5 nitrogen and oxygen atoms in total. The van der Waals surface area contributed by atoms with Crippen LogP contribution in [-0.4, -0.2) is 39.1 Å². The van der Waals surface area contributed by atoms with Gasteiger partial charge in [0.1, 0.15) is 5.69 Å². The number of nitrogens with one attached hydrogen (secondary N) is 1. The summed E-state index contributed by atoms with van der Waals surface area (Å²) in [5.74, 6) is 0.345. The lowest BCUT2D eigenvalue weighted by Crippen LogP contribution is -2.29. The van der Waals surface area contributed by atoms with Gasteiger partial charge in [-0.3, -0.25) is 14.9 Å². The Morgan fingerprint density at radius 3 is 3.00 bits per heavy atom. The number of H-pyrrole nitrogens is 1. The van der Waals surface area contributed by atoms with Crippen molar-refractivity contribution in [1.29, 1.82) is 0 Å². The van der Waals surface area contributed by atoms with Crippen molar-refractivity contribution in [3.05, 3.63) is 59.7 Å². The molecule has 1 N–H and O–H groups in total. The van der Waals surface area contributed by atoms with Gasteiger partial charge in [0.25, 0.3) is 5.91 Å². The molecule has 0 spiro atoms. The van der Waals surface area contributed by atoms with Crippen molar-refractivity contribution in [2.75, 3.05) is 13.1 Å². The lowest BCUT2D eigenvalue weighted by molar-refractivity contribution is 0.0787. The van der Waals surface area contributed by atoms with Crippen molar-refractivity contribution < 1.29 is 4.79 Å². The molecule has 0 bridgehead atoms. The highest BCUT2D eigenvalue weighted by Crippen LogP contribution is 2.29. The molecule has 2 aromatic heterocycles. The zero-order valence-electron chi connectivity index (χ0n) is 13.0. The average molecular weight is 306 g/mol. The Kier molecular flexibility index (Phi) is 3.33. The molecular weight excluding hydrogens is 288 g/mol. The lowest BCUT2D eigenvalue weighted by Gasteiger charge is -2.17. The molecule has 1 aliphatic rings. The van der Waals surface area contributed by atoms with E-state index in [-0.39, 0.29) is 5.91 Å². The second-order valence-electron chi connectivity index (χ2n) is 6.08. The molecular formula is C18H18N4O. The molecule has 4 rings (SSSR count). The predicted octanol–water partition coefficient (Wildman–Crippen LogP) is 2.90. The molecule has 23 heavy (non-hydrogen) atoms. The quantitative estimate of drug-likeness (QED) is 0.792. The number of aromatic nitrogens is 3. The molecule has 1 atom stereocenters. The van der Waals surface area contributed by atoms with Gasteiger partial charge in [0.2, 0.25) is 0 Å². The van der Waals surface area contributed by atoms with Crippen molar-refractivity contribution >= 4 is 16.7 Å². The van der Waals surface area contributed by atoms with E-state index in [1.165, 1.54) is 0 Å². The zero-order chi connectivity index (χ0) is 15.8. The summed E-state index contributed by atoms with van der Waals surface area (Å²) in [6.45, 7) is 3.52. The monoisotopic (exact) mass is 306 g/mol. The van der Waals surface area contributed by atoms with Crippen molar-refractivity contribution in [2.45, 2.75) is 19.3 Å². The highest BCUT2D eigenvalue weighted by molar-refractivity contribution is 6.05. The van der Waals surface area contributed by atoms with E-state index in [1.54, 1.807) is 6.20 Å². The minimum Gasteiger partial charge on any atom is -0.337 e. The van der Waals surface area contributed by atoms with Crippen LogP contribution in [0.2, 0.25) is 0 Å². The highest BCUT2D eigenvalue weighted by Gasteiger charge is 2.30. The number of benzene rings is 1. The minimum absolute atomic E-state index is 0.0152. The molecule has 0 unspecified atom stereocenters.